The molecule has 0 aliphatic carbocycles. The molecule has 0 radical (unpaired) electrons. The lowest BCUT2D eigenvalue weighted by atomic mass is 9.79. The second-order valence-corrected chi connectivity index (χ2v) is 6.99. The Labute approximate surface area is 143 Å². The van der Waals surface area contributed by atoms with E-state index in [9.17, 15) is 14.8 Å². The van der Waals surface area contributed by atoms with E-state index in [1.165, 1.54) is 6.07 Å². The number of benzene rings is 1. The zero-order chi connectivity index (χ0) is 17.7. The van der Waals surface area contributed by atoms with Gasteiger partial charge in [-0.25, -0.2) is 4.79 Å². The molecule has 1 saturated heterocycles. The van der Waals surface area contributed by atoms with Crippen molar-refractivity contribution >= 4 is 24.4 Å². The Morgan fingerprint density at radius 1 is 1.29 bits per heavy atom. The summed E-state index contributed by atoms with van der Waals surface area (Å²) in [5, 5.41) is 24.9. The number of anilines is 1. The molecule has 0 bridgehead atoms. The average Bonchev–Trinajstić information content (AvgIpc) is 2.45. The van der Waals surface area contributed by atoms with Gasteiger partial charge >= 0.3 is 13.2 Å². The summed E-state index contributed by atoms with van der Waals surface area (Å²) < 4.78 is 5.24. The number of nitrogens with one attached hydrogen (secondary N) is 2. The molecule has 8 heteroatoms. The van der Waals surface area contributed by atoms with Crippen molar-refractivity contribution in [2.75, 3.05) is 31.5 Å². The third-order valence-corrected chi connectivity index (χ3v) is 3.57. The zero-order valence-electron chi connectivity index (χ0n) is 14.5. The molecule has 4 N–H and O–H groups in total. The lowest BCUT2D eigenvalue weighted by Gasteiger charge is -2.27. The number of hydrogen-bond acceptors (Lipinski definition) is 6. The number of nitrogens with zero attached hydrogens (tertiary/aromatic N) is 1. The highest BCUT2D eigenvalue weighted by atomic mass is 16.6. The van der Waals surface area contributed by atoms with Gasteiger partial charge in [-0.2, -0.15) is 0 Å². The standard InChI is InChI=1S/C16H26BN3O4/c1-16(2,3)24-15(21)19-14-9-12(8-13(10-14)17(22)23)11-20-6-4-18-5-7-20/h8-10,18,22-23H,4-7,11H2,1-3H3,(H,19,21). The molecule has 1 aliphatic heterocycles. The quantitative estimate of drug-likeness (QED) is 0.584. The van der Waals surface area contributed by atoms with Crippen LogP contribution in [0.4, 0.5) is 10.5 Å². The van der Waals surface area contributed by atoms with Gasteiger partial charge in [0.2, 0.25) is 0 Å². The smallest absolute Gasteiger partial charge is 0.444 e. The first-order valence-electron chi connectivity index (χ1n) is 8.16. The first-order valence-corrected chi connectivity index (χ1v) is 8.16. The van der Waals surface area contributed by atoms with Crippen molar-refractivity contribution < 1.29 is 19.6 Å². The van der Waals surface area contributed by atoms with Crippen LogP contribution in [-0.4, -0.2) is 59.9 Å². The summed E-state index contributed by atoms with van der Waals surface area (Å²) in [6.45, 7) is 9.78. The van der Waals surface area contributed by atoms with E-state index in [4.69, 9.17) is 4.74 Å². The van der Waals surface area contributed by atoms with Crippen molar-refractivity contribution in [3.05, 3.63) is 23.8 Å². The van der Waals surface area contributed by atoms with E-state index in [0.717, 1.165) is 31.7 Å². The van der Waals surface area contributed by atoms with Crippen molar-refractivity contribution in [1.82, 2.24) is 10.2 Å². The molecule has 7 nitrogen and oxygen atoms in total. The maximum absolute atomic E-state index is 11.9. The average molecular weight is 335 g/mol. The maximum Gasteiger partial charge on any atom is 0.488 e. The number of amides is 1. The fourth-order valence-electron chi connectivity index (χ4n) is 2.58. The van der Waals surface area contributed by atoms with Crippen LogP contribution in [0, 0.1) is 0 Å². The molecular weight excluding hydrogens is 309 g/mol. The van der Waals surface area contributed by atoms with Gasteiger partial charge in [-0.3, -0.25) is 10.2 Å². The van der Waals surface area contributed by atoms with E-state index in [0.29, 0.717) is 17.7 Å². The minimum atomic E-state index is -1.59. The Bertz CT molecular complexity index is 569. The zero-order valence-corrected chi connectivity index (χ0v) is 14.5. The maximum atomic E-state index is 11.9. The summed E-state index contributed by atoms with van der Waals surface area (Å²) in [6, 6.07) is 5.11. The second kappa shape index (κ2) is 7.98. The summed E-state index contributed by atoms with van der Waals surface area (Å²) in [4.78, 5) is 14.2. The Balaban J connectivity index is 2.13. The van der Waals surface area contributed by atoms with Gasteiger partial charge in [0.15, 0.2) is 0 Å². The lowest BCUT2D eigenvalue weighted by Crippen LogP contribution is -2.43. The largest absolute Gasteiger partial charge is 0.488 e. The van der Waals surface area contributed by atoms with Crippen molar-refractivity contribution in [3.63, 3.8) is 0 Å². The highest BCUT2D eigenvalue weighted by Gasteiger charge is 2.19. The van der Waals surface area contributed by atoms with E-state index in [1.54, 1.807) is 26.8 Å². The van der Waals surface area contributed by atoms with Gasteiger partial charge in [-0.15, -0.1) is 0 Å². The summed E-state index contributed by atoms with van der Waals surface area (Å²) in [7, 11) is -1.59. The predicted octanol–water partition coefficient (Wildman–Crippen LogP) is 0.119. The first kappa shape index (κ1) is 18.7. The summed E-state index contributed by atoms with van der Waals surface area (Å²) in [5.74, 6) is 0. The van der Waals surface area contributed by atoms with E-state index in [-0.39, 0.29) is 0 Å². The van der Waals surface area contributed by atoms with Gasteiger partial charge in [-0.1, -0.05) is 6.07 Å². The molecule has 1 aromatic rings. The molecule has 1 heterocycles. The van der Waals surface area contributed by atoms with Crippen molar-refractivity contribution in [2.45, 2.75) is 32.9 Å². The number of carbonyl (C=O) groups is 1. The summed E-state index contributed by atoms with van der Waals surface area (Å²) in [5.41, 5.74) is 1.14. The Morgan fingerprint density at radius 2 is 1.96 bits per heavy atom. The number of carbonyl (C=O) groups excluding carboxylic acids is 1. The van der Waals surface area contributed by atoms with Crippen LogP contribution in [0.1, 0.15) is 26.3 Å². The monoisotopic (exact) mass is 335 g/mol. The van der Waals surface area contributed by atoms with Gasteiger partial charge in [0.1, 0.15) is 5.60 Å². The molecule has 1 aliphatic rings. The number of rotatable bonds is 4. The van der Waals surface area contributed by atoms with Gasteiger partial charge in [-0.05, 0) is 43.9 Å². The number of piperazine rings is 1. The van der Waals surface area contributed by atoms with E-state index >= 15 is 0 Å². The summed E-state index contributed by atoms with van der Waals surface area (Å²) >= 11 is 0. The molecule has 132 valence electrons. The fraction of sp³-hybridized carbons (Fsp3) is 0.562. The molecule has 0 spiro atoms. The van der Waals surface area contributed by atoms with Crippen molar-refractivity contribution in [2.24, 2.45) is 0 Å². The second-order valence-electron chi connectivity index (χ2n) is 6.99. The van der Waals surface area contributed by atoms with Crippen LogP contribution in [0.15, 0.2) is 18.2 Å². The Hall–Kier alpha value is -1.61. The normalized spacial score (nSPS) is 15.9. The van der Waals surface area contributed by atoms with Crippen molar-refractivity contribution in [3.8, 4) is 0 Å². The third-order valence-electron chi connectivity index (χ3n) is 3.57. The Kier molecular flexibility index (Phi) is 6.23. The third kappa shape index (κ3) is 6.12. The van der Waals surface area contributed by atoms with Crippen LogP contribution >= 0.6 is 0 Å². The molecule has 2 rings (SSSR count). The number of hydrogen-bond donors (Lipinski definition) is 4. The van der Waals surface area contributed by atoms with Gasteiger partial charge < -0.3 is 20.1 Å². The van der Waals surface area contributed by atoms with Gasteiger partial charge in [0.25, 0.3) is 0 Å². The first-order chi connectivity index (χ1) is 11.2. The minimum Gasteiger partial charge on any atom is -0.444 e. The van der Waals surface area contributed by atoms with Crippen LogP contribution in [0.3, 0.4) is 0 Å². The highest BCUT2D eigenvalue weighted by molar-refractivity contribution is 6.58. The van der Waals surface area contributed by atoms with Crippen molar-refractivity contribution in [1.29, 1.82) is 0 Å². The van der Waals surface area contributed by atoms with E-state index in [2.05, 4.69) is 15.5 Å². The molecule has 0 unspecified atom stereocenters. The minimum absolute atomic E-state index is 0.341. The topological polar surface area (TPSA) is 94.1 Å². The molecule has 1 fully saturated rings. The SMILES string of the molecule is CC(C)(C)OC(=O)Nc1cc(CN2CCNCC2)cc(B(O)O)c1. The van der Waals surface area contributed by atoms with Crippen LogP contribution in [0.2, 0.25) is 0 Å². The van der Waals surface area contributed by atoms with Crippen LogP contribution in [-0.2, 0) is 11.3 Å². The van der Waals surface area contributed by atoms with E-state index < -0.39 is 18.8 Å². The molecule has 0 atom stereocenters. The molecular formula is C16H26BN3O4. The van der Waals surface area contributed by atoms with Crippen LogP contribution in [0.5, 0.6) is 0 Å². The van der Waals surface area contributed by atoms with Crippen LogP contribution in [0.25, 0.3) is 0 Å². The lowest BCUT2D eigenvalue weighted by molar-refractivity contribution is 0.0636. The fourth-order valence-corrected chi connectivity index (χ4v) is 2.58. The van der Waals surface area contributed by atoms with Gasteiger partial charge in [0, 0.05) is 38.4 Å². The molecule has 1 aromatic carbocycles. The van der Waals surface area contributed by atoms with Crippen LogP contribution < -0.4 is 16.1 Å². The summed E-state index contributed by atoms with van der Waals surface area (Å²) in [6.07, 6.45) is -0.569. The molecule has 0 saturated carbocycles. The molecule has 1 amide bonds. The predicted molar refractivity (Wildman–Crippen MR) is 94.3 cm³/mol. The molecule has 0 aromatic heterocycles. The Morgan fingerprint density at radius 3 is 2.54 bits per heavy atom. The number of ether oxygens (including phenoxy) is 1. The molecule has 24 heavy (non-hydrogen) atoms. The van der Waals surface area contributed by atoms with Gasteiger partial charge in [0.05, 0.1) is 0 Å². The highest BCUT2D eigenvalue weighted by Crippen LogP contribution is 2.15. The van der Waals surface area contributed by atoms with E-state index in [1.807, 2.05) is 6.07 Å².